The molecule has 45 heavy (non-hydrogen) atoms. The van der Waals surface area contributed by atoms with Crippen LogP contribution in [0.4, 0.5) is 28.4 Å². The number of ether oxygens (including phenoxy) is 5. The Kier molecular flexibility index (Phi) is 9.56. The van der Waals surface area contributed by atoms with E-state index in [2.05, 4.69) is 25.0 Å². The van der Waals surface area contributed by atoms with Gasteiger partial charge in [-0.3, -0.25) is 4.79 Å². The van der Waals surface area contributed by atoms with Gasteiger partial charge in [-0.2, -0.15) is 0 Å². The first kappa shape index (κ1) is 33.4. The minimum atomic E-state index is -1.71. The van der Waals surface area contributed by atoms with Crippen LogP contribution in [0.25, 0.3) is 0 Å². The molecule has 0 aliphatic carbocycles. The molecule has 0 spiro atoms. The SMILES string of the molecule is CC(C)(C)OC(=O)N(C(=O)OC(C)(C)C)C1=N[C@@]2(c3cc(NC(=O)c4cnc(OCF)cn4)ccc3F)CCO[C@H]2[C@@H](CF)O1. The maximum atomic E-state index is 15.6. The van der Waals surface area contributed by atoms with Crippen LogP contribution in [-0.2, 0) is 24.5 Å². The van der Waals surface area contributed by atoms with Crippen molar-refractivity contribution in [3.63, 3.8) is 0 Å². The van der Waals surface area contributed by atoms with E-state index >= 15 is 4.39 Å². The van der Waals surface area contributed by atoms with Crippen LogP contribution in [0.15, 0.2) is 35.6 Å². The van der Waals surface area contributed by atoms with Crippen molar-refractivity contribution < 1.29 is 51.2 Å². The van der Waals surface area contributed by atoms with Gasteiger partial charge in [0.25, 0.3) is 5.91 Å². The second-order valence-electron chi connectivity index (χ2n) is 12.1. The number of carbonyl (C=O) groups is 3. The maximum absolute atomic E-state index is 15.6. The molecule has 13 nitrogen and oxygen atoms in total. The lowest BCUT2D eigenvalue weighted by Gasteiger charge is -2.41. The Hall–Kier alpha value is -4.47. The van der Waals surface area contributed by atoms with Crippen molar-refractivity contribution in [3.8, 4) is 5.88 Å². The number of fused-ring (bicyclic) bond motifs is 1. The summed E-state index contributed by atoms with van der Waals surface area (Å²) in [7, 11) is 0. The highest BCUT2D eigenvalue weighted by molar-refractivity contribution is 6.06. The number of alkyl halides is 2. The van der Waals surface area contributed by atoms with E-state index in [0.717, 1.165) is 18.5 Å². The molecule has 0 saturated carbocycles. The van der Waals surface area contributed by atoms with Gasteiger partial charge in [-0.05, 0) is 59.7 Å². The summed E-state index contributed by atoms with van der Waals surface area (Å²) in [6.45, 7) is 7.14. The van der Waals surface area contributed by atoms with E-state index in [9.17, 15) is 23.2 Å². The second-order valence-corrected chi connectivity index (χ2v) is 12.1. The molecule has 16 heteroatoms. The quantitative estimate of drug-likeness (QED) is 0.456. The van der Waals surface area contributed by atoms with E-state index in [0.29, 0.717) is 4.90 Å². The van der Waals surface area contributed by atoms with Crippen LogP contribution in [0.5, 0.6) is 5.88 Å². The molecule has 0 bridgehead atoms. The van der Waals surface area contributed by atoms with Crippen LogP contribution < -0.4 is 10.1 Å². The van der Waals surface area contributed by atoms with Gasteiger partial charge in [-0.15, -0.1) is 4.90 Å². The third-order valence-electron chi connectivity index (χ3n) is 6.39. The predicted molar refractivity (Wildman–Crippen MR) is 152 cm³/mol. The van der Waals surface area contributed by atoms with Crippen LogP contribution in [0, 0.1) is 5.82 Å². The average molecular weight is 638 g/mol. The zero-order valence-corrected chi connectivity index (χ0v) is 25.6. The van der Waals surface area contributed by atoms with Crippen molar-refractivity contribution in [2.45, 2.75) is 76.9 Å². The Balaban J connectivity index is 1.77. The Morgan fingerprint density at radius 3 is 2.27 bits per heavy atom. The molecule has 3 atom stereocenters. The van der Waals surface area contributed by atoms with Gasteiger partial charge >= 0.3 is 18.2 Å². The standard InChI is InChI=1S/C29H34F3N5O8/c1-27(2,3)44-25(39)37(26(40)45-28(4,5)6)24-36-29(9-10-41-22(29)20(12-30)43-24)17-11-16(7-8-18(17)32)35-23(38)19-13-34-21(14-33-19)42-15-31/h7-8,11,13-14,20,22H,9-10,12,15H2,1-6H3,(H,35,38)/t20-,22+,29-/m1/s1. The summed E-state index contributed by atoms with van der Waals surface area (Å²) < 4.78 is 69.3. The molecule has 3 heterocycles. The normalized spacial score (nSPS) is 21.1. The van der Waals surface area contributed by atoms with E-state index in [-0.39, 0.29) is 35.9 Å². The highest BCUT2D eigenvalue weighted by Crippen LogP contribution is 2.46. The Labute approximate surface area is 257 Å². The number of imide groups is 1. The lowest BCUT2D eigenvalue weighted by molar-refractivity contribution is -0.0549. The summed E-state index contributed by atoms with van der Waals surface area (Å²) in [5.74, 6) is -1.66. The van der Waals surface area contributed by atoms with Crippen LogP contribution in [0.3, 0.4) is 0 Å². The molecule has 2 aromatic rings. The van der Waals surface area contributed by atoms with E-state index in [1.54, 1.807) is 41.5 Å². The first-order valence-electron chi connectivity index (χ1n) is 13.9. The van der Waals surface area contributed by atoms with Gasteiger partial charge in [0.05, 0.1) is 19.0 Å². The topological polar surface area (TPSA) is 151 Å². The first-order valence-corrected chi connectivity index (χ1v) is 13.9. The lowest BCUT2D eigenvalue weighted by Crippen LogP contribution is -2.56. The Bertz CT molecular complexity index is 1430. The van der Waals surface area contributed by atoms with Crippen molar-refractivity contribution in [1.29, 1.82) is 0 Å². The zero-order chi connectivity index (χ0) is 33.2. The molecule has 4 rings (SSSR count). The largest absolute Gasteiger partial charge is 0.455 e. The molecule has 1 saturated heterocycles. The highest BCUT2D eigenvalue weighted by Gasteiger charge is 2.57. The number of nitrogens with one attached hydrogen (secondary N) is 1. The molecule has 0 unspecified atom stereocenters. The Morgan fingerprint density at radius 1 is 1.04 bits per heavy atom. The van der Waals surface area contributed by atoms with Gasteiger partial charge in [0.1, 0.15) is 41.0 Å². The number of amides is 3. The second kappa shape index (κ2) is 12.9. The fraction of sp³-hybridized carbons (Fsp3) is 0.517. The van der Waals surface area contributed by atoms with E-state index < -0.39 is 72.4 Å². The number of nitrogens with zero attached hydrogens (tertiary/aromatic N) is 4. The van der Waals surface area contributed by atoms with Gasteiger partial charge in [0.2, 0.25) is 12.7 Å². The van der Waals surface area contributed by atoms with Crippen LogP contribution >= 0.6 is 0 Å². The third kappa shape index (κ3) is 7.61. The number of amidine groups is 1. The number of carbonyl (C=O) groups excluding carboxylic acids is 3. The number of aliphatic imine (C=N–C) groups is 1. The number of halogens is 3. The molecule has 1 aromatic heterocycles. The zero-order valence-electron chi connectivity index (χ0n) is 25.6. The number of hydrogen-bond acceptors (Lipinski definition) is 11. The average Bonchev–Trinajstić information content (AvgIpc) is 3.37. The third-order valence-corrected chi connectivity index (χ3v) is 6.39. The minimum absolute atomic E-state index is 0.000895. The number of rotatable bonds is 6. The van der Waals surface area contributed by atoms with Gasteiger partial charge in [0, 0.05) is 17.7 Å². The fourth-order valence-corrected chi connectivity index (χ4v) is 4.65. The molecular weight excluding hydrogens is 603 g/mol. The van der Waals surface area contributed by atoms with Crippen LogP contribution in [0.1, 0.15) is 64.0 Å². The monoisotopic (exact) mass is 637 g/mol. The first-order chi connectivity index (χ1) is 21.1. The van der Waals surface area contributed by atoms with Crippen LogP contribution in [0.2, 0.25) is 0 Å². The summed E-state index contributed by atoms with van der Waals surface area (Å²) in [4.78, 5) is 52.0. The van der Waals surface area contributed by atoms with E-state index in [1.807, 2.05) is 0 Å². The minimum Gasteiger partial charge on any atom is -0.455 e. The predicted octanol–water partition coefficient (Wildman–Crippen LogP) is 5.05. The summed E-state index contributed by atoms with van der Waals surface area (Å²) in [5.41, 5.74) is -4.02. The molecular formula is C29H34F3N5O8. The lowest BCUT2D eigenvalue weighted by atomic mass is 9.80. The van der Waals surface area contributed by atoms with Gasteiger partial charge < -0.3 is 29.0 Å². The summed E-state index contributed by atoms with van der Waals surface area (Å²) >= 11 is 0. The van der Waals surface area contributed by atoms with E-state index in [4.69, 9.17) is 18.9 Å². The van der Waals surface area contributed by atoms with Crippen LogP contribution in [-0.4, -0.2) is 82.5 Å². The molecule has 1 aromatic carbocycles. The number of hydrogen-bond donors (Lipinski definition) is 1. The summed E-state index contributed by atoms with van der Waals surface area (Å²) in [6.07, 6.45) is -2.93. The van der Waals surface area contributed by atoms with Gasteiger partial charge in [-0.25, -0.2) is 37.7 Å². The van der Waals surface area contributed by atoms with Crippen molar-refractivity contribution >= 4 is 29.8 Å². The number of aromatic nitrogens is 2. The summed E-state index contributed by atoms with van der Waals surface area (Å²) in [6, 6.07) is 2.93. The smallest absolute Gasteiger partial charge is 0.428 e. The Morgan fingerprint density at radius 2 is 1.71 bits per heavy atom. The van der Waals surface area contributed by atoms with Crippen molar-refractivity contribution in [2.24, 2.45) is 4.99 Å². The summed E-state index contributed by atoms with van der Waals surface area (Å²) in [5, 5.41) is 2.56. The van der Waals surface area contributed by atoms with Gasteiger partial charge in [-0.1, -0.05) is 0 Å². The maximum Gasteiger partial charge on any atom is 0.428 e. The van der Waals surface area contributed by atoms with Crippen molar-refractivity contribution in [2.75, 3.05) is 25.5 Å². The van der Waals surface area contributed by atoms with Gasteiger partial charge in [0.15, 0.2) is 6.10 Å². The van der Waals surface area contributed by atoms with Crippen molar-refractivity contribution in [3.05, 3.63) is 47.7 Å². The molecule has 244 valence electrons. The number of benzene rings is 1. The molecule has 1 fully saturated rings. The molecule has 2 aliphatic rings. The highest BCUT2D eigenvalue weighted by atomic mass is 19.1. The van der Waals surface area contributed by atoms with E-state index in [1.165, 1.54) is 12.1 Å². The van der Waals surface area contributed by atoms with Crippen molar-refractivity contribution in [1.82, 2.24) is 14.9 Å². The molecule has 1 N–H and O–H groups in total. The fourth-order valence-electron chi connectivity index (χ4n) is 4.65. The molecule has 3 amide bonds. The molecule has 2 aliphatic heterocycles. The number of anilines is 1. The molecule has 0 radical (unpaired) electrons.